The van der Waals surface area contributed by atoms with Gasteiger partial charge in [0, 0.05) is 39.3 Å². The number of hydrogen-bond acceptors (Lipinski definition) is 3. The van der Waals surface area contributed by atoms with Crippen molar-refractivity contribution in [2.24, 2.45) is 11.3 Å². The predicted molar refractivity (Wildman–Crippen MR) is 75.6 cm³/mol. The quantitative estimate of drug-likeness (QED) is 0.784. The molecule has 2 amide bonds. The van der Waals surface area contributed by atoms with E-state index in [0.717, 1.165) is 32.1 Å². The van der Waals surface area contributed by atoms with Gasteiger partial charge in [0.25, 0.3) is 0 Å². The molecule has 1 aliphatic carbocycles. The minimum Gasteiger partial charge on any atom is -0.481 e. The lowest BCUT2D eigenvalue weighted by Crippen LogP contribution is -2.53. The molecule has 2 rings (SSSR count). The van der Waals surface area contributed by atoms with Crippen molar-refractivity contribution in [3.8, 4) is 0 Å². The lowest BCUT2D eigenvalue weighted by Gasteiger charge is -2.35. The highest BCUT2D eigenvalue weighted by Crippen LogP contribution is 2.29. The number of carboxylic acid groups (broad SMARTS) is 1. The normalized spacial score (nSPS) is 20.8. The minimum absolute atomic E-state index is 0.148. The van der Waals surface area contributed by atoms with Gasteiger partial charge in [0.15, 0.2) is 0 Å². The Morgan fingerprint density at radius 1 is 1.20 bits per heavy atom. The summed E-state index contributed by atoms with van der Waals surface area (Å²) in [5.74, 6) is -0.0150. The summed E-state index contributed by atoms with van der Waals surface area (Å²) in [7, 11) is 0. The molecular weight excluding hydrogens is 258 g/mol. The zero-order valence-corrected chi connectivity index (χ0v) is 12.4. The number of aliphatic carboxylic acids is 1. The Labute approximate surface area is 120 Å². The minimum atomic E-state index is -0.927. The van der Waals surface area contributed by atoms with Crippen LogP contribution in [0.5, 0.6) is 0 Å². The number of rotatable bonds is 5. The van der Waals surface area contributed by atoms with Crippen molar-refractivity contribution in [1.29, 1.82) is 0 Å². The summed E-state index contributed by atoms with van der Waals surface area (Å²) in [4.78, 5) is 27.2. The van der Waals surface area contributed by atoms with Crippen LogP contribution in [-0.2, 0) is 4.79 Å². The first-order valence-corrected chi connectivity index (χ1v) is 7.37. The van der Waals surface area contributed by atoms with Crippen LogP contribution < -0.4 is 5.32 Å². The molecule has 0 aromatic carbocycles. The van der Waals surface area contributed by atoms with Crippen molar-refractivity contribution in [3.05, 3.63) is 0 Å². The Morgan fingerprint density at radius 3 is 2.30 bits per heavy atom. The number of carbonyl (C=O) groups is 2. The average Bonchev–Trinajstić information content (AvgIpc) is 3.21. The Morgan fingerprint density at radius 2 is 1.80 bits per heavy atom. The van der Waals surface area contributed by atoms with E-state index < -0.39 is 11.4 Å². The van der Waals surface area contributed by atoms with Gasteiger partial charge in [0.1, 0.15) is 0 Å². The Hall–Kier alpha value is -1.30. The summed E-state index contributed by atoms with van der Waals surface area (Å²) in [6.07, 6.45) is 2.70. The highest BCUT2D eigenvalue weighted by molar-refractivity contribution is 5.77. The Balaban J connectivity index is 1.70. The Bertz CT molecular complexity index is 372. The van der Waals surface area contributed by atoms with E-state index in [4.69, 9.17) is 5.11 Å². The summed E-state index contributed by atoms with van der Waals surface area (Å²) in [5.41, 5.74) is -0.927. The molecule has 2 aliphatic rings. The van der Waals surface area contributed by atoms with Gasteiger partial charge in [-0.2, -0.15) is 0 Å². The van der Waals surface area contributed by atoms with E-state index in [9.17, 15) is 9.59 Å². The van der Waals surface area contributed by atoms with E-state index >= 15 is 0 Å². The predicted octanol–water partition coefficient (Wildman–Crippen LogP) is 0.834. The van der Waals surface area contributed by atoms with Crippen LogP contribution in [0.25, 0.3) is 0 Å². The van der Waals surface area contributed by atoms with Crippen molar-refractivity contribution in [2.75, 3.05) is 39.3 Å². The highest BCUT2D eigenvalue weighted by atomic mass is 16.4. The van der Waals surface area contributed by atoms with E-state index in [2.05, 4.69) is 10.2 Å². The number of piperazine rings is 1. The van der Waals surface area contributed by atoms with Crippen molar-refractivity contribution < 1.29 is 14.7 Å². The first-order valence-electron chi connectivity index (χ1n) is 7.37. The smallest absolute Gasteiger partial charge is 0.317 e. The third kappa shape index (κ3) is 4.10. The molecule has 2 N–H and O–H groups in total. The molecule has 1 saturated heterocycles. The molecule has 0 bridgehead atoms. The van der Waals surface area contributed by atoms with Gasteiger partial charge in [-0.05, 0) is 32.6 Å². The van der Waals surface area contributed by atoms with Crippen molar-refractivity contribution >= 4 is 12.0 Å². The molecule has 1 saturated carbocycles. The number of nitrogens with one attached hydrogen (secondary N) is 1. The Kier molecular flexibility index (Phi) is 4.52. The van der Waals surface area contributed by atoms with Gasteiger partial charge in [-0.3, -0.25) is 9.69 Å². The summed E-state index contributed by atoms with van der Waals surface area (Å²) in [6.45, 7) is 7.86. The zero-order valence-electron chi connectivity index (χ0n) is 12.4. The number of carbonyl (C=O) groups excluding carboxylic acids is 1. The van der Waals surface area contributed by atoms with E-state index in [1.807, 2.05) is 0 Å². The molecule has 0 spiro atoms. The molecule has 0 aromatic heterocycles. The van der Waals surface area contributed by atoms with Crippen LogP contribution in [0.2, 0.25) is 0 Å². The molecule has 2 fully saturated rings. The number of urea groups is 1. The molecule has 1 aliphatic heterocycles. The molecule has 1 heterocycles. The summed E-state index contributed by atoms with van der Waals surface area (Å²) < 4.78 is 0. The van der Waals surface area contributed by atoms with Gasteiger partial charge in [-0.1, -0.05) is 0 Å². The van der Waals surface area contributed by atoms with Gasteiger partial charge in [-0.25, -0.2) is 4.79 Å². The molecular formula is C14H25N3O3. The van der Waals surface area contributed by atoms with Crippen LogP contribution in [-0.4, -0.2) is 66.2 Å². The first kappa shape index (κ1) is 15.1. The third-order valence-corrected chi connectivity index (χ3v) is 4.13. The fourth-order valence-corrected chi connectivity index (χ4v) is 2.28. The van der Waals surface area contributed by atoms with Crippen molar-refractivity contribution in [2.45, 2.75) is 26.7 Å². The van der Waals surface area contributed by atoms with Crippen LogP contribution in [0.1, 0.15) is 26.7 Å². The maximum atomic E-state index is 12.0. The van der Waals surface area contributed by atoms with Crippen LogP contribution in [0.3, 0.4) is 0 Å². The van der Waals surface area contributed by atoms with E-state index in [1.54, 1.807) is 18.7 Å². The number of nitrogens with zero attached hydrogens (tertiary/aromatic N) is 2. The van der Waals surface area contributed by atoms with Gasteiger partial charge >= 0.3 is 12.0 Å². The summed E-state index contributed by atoms with van der Waals surface area (Å²) in [6, 6.07) is -0.148. The molecule has 6 nitrogen and oxygen atoms in total. The second-order valence-corrected chi connectivity index (χ2v) is 6.58. The van der Waals surface area contributed by atoms with Crippen LogP contribution in [0.4, 0.5) is 4.79 Å². The highest BCUT2D eigenvalue weighted by Gasteiger charge is 2.30. The van der Waals surface area contributed by atoms with Crippen molar-refractivity contribution in [3.63, 3.8) is 0 Å². The second-order valence-electron chi connectivity index (χ2n) is 6.58. The third-order valence-electron chi connectivity index (χ3n) is 4.13. The maximum absolute atomic E-state index is 12.0. The molecule has 6 heteroatoms. The molecule has 114 valence electrons. The van der Waals surface area contributed by atoms with Gasteiger partial charge in [-0.15, -0.1) is 0 Å². The monoisotopic (exact) mass is 283 g/mol. The molecule has 0 unspecified atom stereocenters. The lowest BCUT2D eigenvalue weighted by molar-refractivity contribution is -0.146. The zero-order chi connectivity index (χ0) is 14.8. The van der Waals surface area contributed by atoms with Gasteiger partial charge in [0.2, 0.25) is 0 Å². The lowest BCUT2D eigenvalue weighted by atomic mass is 9.94. The number of amides is 2. The van der Waals surface area contributed by atoms with Crippen molar-refractivity contribution in [1.82, 2.24) is 15.1 Å². The number of hydrogen-bond donors (Lipinski definition) is 2. The van der Waals surface area contributed by atoms with Crippen LogP contribution in [0.15, 0.2) is 0 Å². The van der Waals surface area contributed by atoms with Crippen LogP contribution >= 0.6 is 0 Å². The standard InChI is InChI=1S/C14H25N3O3/c1-14(2,12(18)19)10-15-13(20)17-7-5-16(6-8-17)9-11-3-4-11/h11H,3-10H2,1-2H3,(H,15,20)(H,18,19). The fourth-order valence-electron chi connectivity index (χ4n) is 2.28. The first-order chi connectivity index (χ1) is 9.38. The van der Waals surface area contributed by atoms with E-state index in [-0.39, 0.29) is 12.6 Å². The van der Waals surface area contributed by atoms with Crippen LogP contribution in [0, 0.1) is 11.3 Å². The maximum Gasteiger partial charge on any atom is 0.317 e. The second kappa shape index (κ2) is 5.99. The number of carboxylic acids is 1. The summed E-state index contributed by atoms with van der Waals surface area (Å²) >= 11 is 0. The SMILES string of the molecule is CC(C)(CNC(=O)N1CCN(CC2CC2)CC1)C(=O)O. The average molecular weight is 283 g/mol. The van der Waals surface area contributed by atoms with E-state index in [0.29, 0.717) is 0 Å². The molecule has 20 heavy (non-hydrogen) atoms. The molecule has 0 radical (unpaired) electrons. The van der Waals surface area contributed by atoms with Gasteiger partial charge < -0.3 is 15.3 Å². The molecule has 0 atom stereocenters. The topological polar surface area (TPSA) is 72.9 Å². The largest absolute Gasteiger partial charge is 0.481 e. The fraction of sp³-hybridized carbons (Fsp3) is 0.857. The van der Waals surface area contributed by atoms with E-state index in [1.165, 1.54) is 19.4 Å². The summed E-state index contributed by atoms with van der Waals surface area (Å²) in [5, 5.41) is 11.7. The van der Waals surface area contributed by atoms with Gasteiger partial charge in [0.05, 0.1) is 5.41 Å². The molecule has 0 aromatic rings.